The van der Waals surface area contributed by atoms with Gasteiger partial charge in [0.05, 0.1) is 11.6 Å². The summed E-state index contributed by atoms with van der Waals surface area (Å²) in [6.07, 6.45) is 0. The molecule has 0 radical (unpaired) electrons. The first-order valence-corrected chi connectivity index (χ1v) is 5.93. The summed E-state index contributed by atoms with van der Waals surface area (Å²) in [6.45, 7) is 0. The van der Waals surface area contributed by atoms with Gasteiger partial charge >= 0.3 is 0 Å². The van der Waals surface area contributed by atoms with Crippen LogP contribution in [-0.2, 0) is 0 Å². The normalized spacial score (nSPS) is 10.2. The lowest BCUT2D eigenvalue weighted by atomic mass is 10.2. The van der Waals surface area contributed by atoms with Crippen LogP contribution in [0.5, 0.6) is 0 Å². The zero-order valence-corrected chi connectivity index (χ0v) is 10.3. The summed E-state index contributed by atoms with van der Waals surface area (Å²) in [7, 11) is 0. The van der Waals surface area contributed by atoms with Gasteiger partial charge in [0.15, 0.2) is 0 Å². The highest BCUT2D eigenvalue weighted by Crippen LogP contribution is 2.32. The fourth-order valence-corrected chi connectivity index (χ4v) is 3.38. The molecule has 0 fully saturated rings. The van der Waals surface area contributed by atoms with E-state index in [1.165, 1.54) is 3.57 Å². The second-order valence-corrected chi connectivity index (χ2v) is 5.09. The Bertz CT molecular complexity index is 510. The average molecular weight is 317 g/mol. The van der Waals surface area contributed by atoms with Crippen LogP contribution < -0.4 is 0 Å². The molecule has 1 aromatic carbocycles. The molecule has 0 aliphatic heterocycles. The van der Waals surface area contributed by atoms with E-state index in [0.717, 1.165) is 15.0 Å². The quantitative estimate of drug-likeness (QED) is 0.582. The van der Waals surface area contributed by atoms with Crippen molar-refractivity contribution in [1.82, 2.24) is 0 Å². The highest BCUT2D eigenvalue weighted by Gasteiger charge is 2.06. The van der Waals surface area contributed by atoms with Gasteiger partial charge in [-0.1, -0.05) is 0 Å². The maximum atomic E-state index is 8.77. The van der Waals surface area contributed by atoms with Crippen LogP contribution in [-0.4, -0.2) is 0 Å². The van der Waals surface area contributed by atoms with Crippen LogP contribution in [0.3, 0.4) is 0 Å². The van der Waals surface area contributed by atoms with Crippen LogP contribution in [0.1, 0.15) is 5.56 Å². The molecule has 64 valence electrons. The van der Waals surface area contributed by atoms with E-state index in [-0.39, 0.29) is 0 Å². The van der Waals surface area contributed by atoms with Gasteiger partial charge in [0, 0.05) is 23.9 Å². The molecule has 1 heterocycles. The molecule has 0 atom stereocenters. The van der Waals surface area contributed by atoms with E-state index in [2.05, 4.69) is 46.7 Å². The van der Waals surface area contributed by atoms with Crippen molar-refractivity contribution in [1.29, 1.82) is 5.26 Å². The Labute approximate surface area is 98.9 Å². The summed E-state index contributed by atoms with van der Waals surface area (Å²) in [4.78, 5) is 0.891. The number of hydrogen-bond acceptors (Lipinski definition) is 3. The fourth-order valence-electron chi connectivity index (χ4n) is 1.15. The minimum absolute atomic E-state index is 0.675. The van der Waals surface area contributed by atoms with E-state index < -0.39 is 0 Å². The van der Waals surface area contributed by atoms with Gasteiger partial charge in [-0.3, -0.25) is 0 Å². The number of hydrogen-bond donors (Lipinski definition) is 1. The summed E-state index contributed by atoms with van der Waals surface area (Å²) < 4.78 is 2.34. The van der Waals surface area contributed by atoms with Crippen molar-refractivity contribution in [2.75, 3.05) is 0 Å². The molecule has 13 heavy (non-hydrogen) atoms. The van der Waals surface area contributed by atoms with E-state index in [4.69, 9.17) is 5.26 Å². The summed E-state index contributed by atoms with van der Waals surface area (Å²) in [5.41, 5.74) is 0.675. The molecule has 0 saturated heterocycles. The third-order valence-electron chi connectivity index (χ3n) is 1.74. The number of benzene rings is 1. The van der Waals surface area contributed by atoms with Gasteiger partial charge in [-0.25, -0.2) is 0 Å². The van der Waals surface area contributed by atoms with Crippen molar-refractivity contribution < 1.29 is 0 Å². The van der Waals surface area contributed by atoms with Gasteiger partial charge in [-0.2, -0.15) is 5.26 Å². The highest BCUT2D eigenvalue weighted by atomic mass is 127. The van der Waals surface area contributed by atoms with Crippen LogP contribution in [0, 0.1) is 14.9 Å². The molecular formula is C9H4INS2. The van der Waals surface area contributed by atoms with Crippen molar-refractivity contribution in [2.24, 2.45) is 0 Å². The Morgan fingerprint density at radius 2 is 2.23 bits per heavy atom. The van der Waals surface area contributed by atoms with Gasteiger partial charge in [0.25, 0.3) is 0 Å². The number of nitriles is 1. The number of halogens is 1. The zero-order chi connectivity index (χ0) is 9.42. The first-order chi connectivity index (χ1) is 6.22. The average Bonchev–Trinajstić information content (AvgIpc) is 2.48. The van der Waals surface area contributed by atoms with Crippen LogP contribution in [0.2, 0.25) is 0 Å². The summed E-state index contributed by atoms with van der Waals surface area (Å²) in [6, 6.07) is 5.84. The molecule has 0 amide bonds. The summed E-state index contributed by atoms with van der Waals surface area (Å²) >= 11 is 8.28. The van der Waals surface area contributed by atoms with E-state index in [0.29, 0.717) is 5.56 Å². The maximum absolute atomic E-state index is 8.77. The van der Waals surface area contributed by atoms with Gasteiger partial charge in [0.1, 0.15) is 0 Å². The second kappa shape index (κ2) is 3.48. The SMILES string of the molecule is N#Cc1cc(S)c2scc(I)c2c1. The van der Waals surface area contributed by atoms with Gasteiger partial charge in [0.2, 0.25) is 0 Å². The van der Waals surface area contributed by atoms with Crippen molar-refractivity contribution in [3.8, 4) is 6.07 Å². The lowest BCUT2D eigenvalue weighted by molar-refractivity contribution is 1.47. The van der Waals surface area contributed by atoms with Gasteiger partial charge in [-0.05, 0) is 34.7 Å². The number of rotatable bonds is 0. The van der Waals surface area contributed by atoms with Crippen molar-refractivity contribution in [3.63, 3.8) is 0 Å². The predicted molar refractivity (Wildman–Crippen MR) is 66.5 cm³/mol. The number of thiol groups is 1. The summed E-state index contributed by atoms with van der Waals surface area (Å²) in [5.74, 6) is 0. The van der Waals surface area contributed by atoms with Crippen LogP contribution in [0.4, 0.5) is 0 Å². The molecule has 0 N–H and O–H groups in total. The molecule has 2 aromatic rings. The summed E-state index contributed by atoms with van der Waals surface area (Å²) in [5, 5.41) is 12.0. The molecule has 0 aliphatic rings. The van der Waals surface area contributed by atoms with Crippen molar-refractivity contribution >= 4 is 56.6 Å². The Balaban J connectivity index is 2.90. The highest BCUT2D eigenvalue weighted by molar-refractivity contribution is 14.1. The molecule has 0 saturated carbocycles. The molecule has 0 unspecified atom stereocenters. The zero-order valence-electron chi connectivity index (χ0n) is 6.41. The molecule has 1 nitrogen and oxygen atoms in total. The van der Waals surface area contributed by atoms with E-state index in [1.807, 2.05) is 6.07 Å². The third-order valence-corrected chi connectivity index (χ3v) is 4.58. The van der Waals surface area contributed by atoms with Gasteiger partial charge < -0.3 is 0 Å². The largest absolute Gasteiger partial charge is 0.192 e. The fraction of sp³-hybridized carbons (Fsp3) is 0. The van der Waals surface area contributed by atoms with E-state index in [9.17, 15) is 0 Å². The van der Waals surface area contributed by atoms with Gasteiger partial charge in [-0.15, -0.1) is 24.0 Å². The first-order valence-electron chi connectivity index (χ1n) is 3.52. The number of thiophene rings is 1. The Morgan fingerprint density at radius 3 is 2.92 bits per heavy atom. The maximum Gasteiger partial charge on any atom is 0.0992 e. The Morgan fingerprint density at radius 1 is 1.46 bits per heavy atom. The molecule has 4 heteroatoms. The number of fused-ring (bicyclic) bond motifs is 1. The van der Waals surface area contributed by atoms with Crippen molar-refractivity contribution in [2.45, 2.75) is 4.90 Å². The van der Waals surface area contributed by atoms with E-state index in [1.54, 1.807) is 17.4 Å². The van der Waals surface area contributed by atoms with Crippen LogP contribution in [0.15, 0.2) is 22.4 Å². The molecule has 0 spiro atoms. The Hall–Kier alpha value is -0.250. The predicted octanol–water partition coefficient (Wildman–Crippen LogP) is 3.67. The van der Waals surface area contributed by atoms with E-state index >= 15 is 0 Å². The topological polar surface area (TPSA) is 23.8 Å². The standard InChI is InChI=1S/C9H4INS2/c10-7-4-13-9-6(7)1-5(3-11)2-8(9)12/h1-2,4,12H. The van der Waals surface area contributed by atoms with Crippen LogP contribution in [0.25, 0.3) is 10.1 Å². The molecule has 1 aromatic heterocycles. The lowest BCUT2D eigenvalue weighted by Crippen LogP contribution is -1.76. The molecule has 0 aliphatic carbocycles. The molecular weight excluding hydrogens is 313 g/mol. The lowest BCUT2D eigenvalue weighted by Gasteiger charge is -1.96. The Kier molecular flexibility index (Phi) is 2.49. The van der Waals surface area contributed by atoms with Crippen LogP contribution >= 0.6 is 46.6 Å². The minimum Gasteiger partial charge on any atom is -0.192 e. The second-order valence-electron chi connectivity index (χ2n) is 2.57. The van der Waals surface area contributed by atoms with Crippen molar-refractivity contribution in [3.05, 3.63) is 26.6 Å². The first kappa shape index (κ1) is 9.31. The minimum atomic E-state index is 0.675. The third kappa shape index (κ3) is 1.56. The molecule has 2 rings (SSSR count). The monoisotopic (exact) mass is 317 g/mol. The smallest absolute Gasteiger partial charge is 0.0992 e. The molecule has 0 bridgehead atoms. The number of nitrogens with zero attached hydrogens (tertiary/aromatic N) is 1.